The second kappa shape index (κ2) is 9.22. The Morgan fingerprint density at radius 1 is 1.12 bits per heavy atom. The van der Waals surface area contributed by atoms with Crippen molar-refractivity contribution < 1.29 is 9.13 Å². The van der Waals surface area contributed by atoms with Crippen LogP contribution in [-0.2, 0) is 6.42 Å². The number of nitrogens with zero attached hydrogens (tertiary/aromatic N) is 2. The molecular formula is C21H26FN3O. The number of hydrogen-bond donors (Lipinski definition) is 1. The van der Waals surface area contributed by atoms with E-state index in [4.69, 9.17) is 4.74 Å². The summed E-state index contributed by atoms with van der Waals surface area (Å²) in [5.74, 6) is 1.66. The number of likely N-dealkylation sites (tertiary alicyclic amines) is 1. The average molecular weight is 355 g/mol. The smallest absolute Gasteiger partial charge is 0.193 e. The van der Waals surface area contributed by atoms with Crippen molar-refractivity contribution in [2.45, 2.75) is 25.4 Å². The van der Waals surface area contributed by atoms with Gasteiger partial charge in [0, 0.05) is 39.5 Å². The number of rotatable bonds is 5. The summed E-state index contributed by atoms with van der Waals surface area (Å²) in [6.07, 6.45) is 3.06. The van der Waals surface area contributed by atoms with Crippen LogP contribution in [0.15, 0.2) is 59.6 Å². The third-order valence-corrected chi connectivity index (χ3v) is 4.61. The molecule has 0 unspecified atom stereocenters. The van der Waals surface area contributed by atoms with Gasteiger partial charge in [-0.2, -0.15) is 0 Å². The van der Waals surface area contributed by atoms with E-state index < -0.39 is 0 Å². The van der Waals surface area contributed by atoms with Crippen LogP contribution in [0.5, 0.6) is 5.75 Å². The normalized spacial score (nSPS) is 15.8. The van der Waals surface area contributed by atoms with Gasteiger partial charge in [-0.1, -0.05) is 30.3 Å². The van der Waals surface area contributed by atoms with E-state index in [1.54, 1.807) is 0 Å². The van der Waals surface area contributed by atoms with Gasteiger partial charge in [-0.15, -0.1) is 0 Å². The van der Waals surface area contributed by atoms with Crippen molar-refractivity contribution in [3.63, 3.8) is 0 Å². The van der Waals surface area contributed by atoms with Crippen LogP contribution in [0, 0.1) is 5.82 Å². The monoisotopic (exact) mass is 355 g/mol. The standard InChI is InChI=1S/C21H26FN3O/c1-23-21(24-14-11-17-7-9-18(22)10-8-17)25-15-12-20(13-16-25)26-19-5-3-2-4-6-19/h2-10,20H,11-16H2,1H3,(H,23,24). The van der Waals surface area contributed by atoms with Gasteiger partial charge in [-0.25, -0.2) is 4.39 Å². The molecule has 2 aromatic rings. The third kappa shape index (κ3) is 5.22. The van der Waals surface area contributed by atoms with E-state index in [1.165, 1.54) is 12.1 Å². The maximum absolute atomic E-state index is 13.0. The zero-order chi connectivity index (χ0) is 18.2. The van der Waals surface area contributed by atoms with Crippen molar-refractivity contribution in [2.75, 3.05) is 26.7 Å². The predicted molar refractivity (Wildman–Crippen MR) is 103 cm³/mol. The summed E-state index contributed by atoms with van der Waals surface area (Å²) < 4.78 is 19.0. The van der Waals surface area contributed by atoms with Gasteiger partial charge in [0.1, 0.15) is 17.7 Å². The quantitative estimate of drug-likeness (QED) is 0.659. The Kier molecular flexibility index (Phi) is 6.47. The number of halogens is 1. The largest absolute Gasteiger partial charge is 0.490 e. The average Bonchev–Trinajstić information content (AvgIpc) is 2.68. The first-order valence-electron chi connectivity index (χ1n) is 9.16. The maximum atomic E-state index is 13.0. The van der Waals surface area contributed by atoms with E-state index >= 15 is 0 Å². The molecule has 1 N–H and O–H groups in total. The van der Waals surface area contributed by atoms with Crippen LogP contribution in [0.1, 0.15) is 18.4 Å². The molecule has 1 fully saturated rings. The minimum atomic E-state index is -0.196. The lowest BCUT2D eigenvalue weighted by atomic mass is 10.1. The van der Waals surface area contributed by atoms with Crippen LogP contribution in [0.3, 0.4) is 0 Å². The van der Waals surface area contributed by atoms with Gasteiger partial charge in [0.25, 0.3) is 0 Å². The summed E-state index contributed by atoms with van der Waals surface area (Å²) in [5.41, 5.74) is 1.12. The lowest BCUT2D eigenvalue weighted by molar-refractivity contribution is 0.129. The van der Waals surface area contributed by atoms with E-state index in [0.29, 0.717) is 0 Å². The molecule has 4 nitrogen and oxygen atoms in total. The lowest BCUT2D eigenvalue weighted by Crippen LogP contribution is -2.47. The second-order valence-electron chi connectivity index (χ2n) is 6.47. The van der Waals surface area contributed by atoms with Crippen molar-refractivity contribution in [1.29, 1.82) is 0 Å². The van der Waals surface area contributed by atoms with E-state index in [2.05, 4.69) is 15.2 Å². The first kappa shape index (κ1) is 18.2. The fourth-order valence-electron chi connectivity index (χ4n) is 3.18. The minimum absolute atomic E-state index is 0.196. The summed E-state index contributed by atoms with van der Waals surface area (Å²) in [7, 11) is 1.81. The molecule has 0 bridgehead atoms. The Morgan fingerprint density at radius 2 is 1.81 bits per heavy atom. The number of piperidine rings is 1. The van der Waals surface area contributed by atoms with E-state index in [-0.39, 0.29) is 11.9 Å². The maximum Gasteiger partial charge on any atom is 0.193 e. The summed E-state index contributed by atoms with van der Waals surface area (Å²) in [6.45, 7) is 2.63. The molecular weight excluding hydrogens is 329 g/mol. The molecule has 0 atom stereocenters. The highest BCUT2D eigenvalue weighted by Gasteiger charge is 2.22. The molecule has 1 aliphatic rings. The van der Waals surface area contributed by atoms with Crippen LogP contribution in [0.25, 0.3) is 0 Å². The number of para-hydroxylation sites is 1. The number of aliphatic imine (C=N–C) groups is 1. The fourth-order valence-corrected chi connectivity index (χ4v) is 3.18. The van der Waals surface area contributed by atoms with Gasteiger partial charge in [-0.05, 0) is 36.2 Å². The number of nitrogens with one attached hydrogen (secondary N) is 1. The van der Waals surface area contributed by atoms with E-state index in [9.17, 15) is 4.39 Å². The van der Waals surface area contributed by atoms with Gasteiger partial charge in [0.05, 0.1) is 0 Å². The summed E-state index contributed by atoms with van der Waals surface area (Å²) in [6, 6.07) is 16.7. The Hall–Kier alpha value is -2.56. The Bertz CT molecular complexity index is 695. The minimum Gasteiger partial charge on any atom is -0.490 e. The Labute approximate surface area is 154 Å². The second-order valence-corrected chi connectivity index (χ2v) is 6.47. The highest BCUT2D eigenvalue weighted by Crippen LogP contribution is 2.18. The highest BCUT2D eigenvalue weighted by atomic mass is 19.1. The molecule has 138 valence electrons. The topological polar surface area (TPSA) is 36.9 Å². The molecule has 0 saturated carbocycles. The van der Waals surface area contributed by atoms with Crippen LogP contribution in [0.4, 0.5) is 4.39 Å². The number of benzene rings is 2. The van der Waals surface area contributed by atoms with Gasteiger partial charge in [-0.3, -0.25) is 4.99 Å². The molecule has 26 heavy (non-hydrogen) atoms. The predicted octanol–water partition coefficient (Wildman–Crippen LogP) is 3.49. The van der Waals surface area contributed by atoms with Crippen molar-refractivity contribution in [3.05, 3.63) is 66.0 Å². The number of ether oxygens (including phenoxy) is 1. The molecule has 0 aliphatic carbocycles. The molecule has 1 heterocycles. The summed E-state index contributed by atoms with van der Waals surface area (Å²) in [4.78, 5) is 6.67. The van der Waals surface area contributed by atoms with Crippen molar-refractivity contribution in [1.82, 2.24) is 10.2 Å². The van der Waals surface area contributed by atoms with Gasteiger partial charge < -0.3 is 15.0 Å². The molecule has 1 saturated heterocycles. The molecule has 0 aromatic heterocycles. The van der Waals surface area contributed by atoms with Crippen molar-refractivity contribution >= 4 is 5.96 Å². The summed E-state index contributed by atoms with van der Waals surface area (Å²) in [5, 5.41) is 3.41. The Morgan fingerprint density at radius 3 is 2.46 bits per heavy atom. The zero-order valence-corrected chi connectivity index (χ0v) is 15.2. The van der Waals surface area contributed by atoms with Gasteiger partial charge in [0.2, 0.25) is 0 Å². The summed E-state index contributed by atoms with van der Waals surface area (Å²) >= 11 is 0. The fraction of sp³-hybridized carbons (Fsp3) is 0.381. The molecule has 2 aromatic carbocycles. The SMILES string of the molecule is CN=C(NCCc1ccc(F)cc1)N1CCC(Oc2ccccc2)CC1. The molecule has 0 amide bonds. The first-order valence-corrected chi connectivity index (χ1v) is 9.16. The van der Waals surface area contributed by atoms with Crippen molar-refractivity contribution in [2.24, 2.45) is 4.99 Å². The number of guanidine groups is 1. The van der Waals surface area contributed by atoms with Crippen LogP contribution in [-0.4, -0.2) is 43.6 Å². The van der Waals surface area contributed by atoms with E-state index in [0.717, 1.165) is 56.2 Å². The van der Waals surface area contributed by atoms with Crippen LogP contribution >= 0.6 is 0 Å². The van der Waals surface area contributed by atoms with Gasteiger partial charge in [0.15, 0.2) is 5.96 Å². The van der Waals surface area contributed by atoms with Gasteiger partial charge >= 0.3 is 0 Å². The Balaban J connectivity index is 1.42. The van der Waals surface area contributed by atoms with Crippen molar-refractivity contribution in [3.8, 4) is 5.75 Å². The number of hydrogen-bond acceptors (Lipinski definition) is 2. The first-order chi connectivity index (χ1) is 12.7. The van der Waals surface area contributed by atoms with Crippen LogP contribution < -0.4 is 10.1 Å². The molecule has 5 heteroatoms. The van der Waals surface area contributed by atoms with E-state index in [1.807, 2.05) is 49.5 Å². The molecule has 0 radical (unpaired) electrons. The zero-order valence-electron chi connectivity index (χ0n) is 15.2. The molecule has 0 spiro atoms. The third-order valence-electron chi connectivity index (χ3n) is 4.61. The highest BCUT2D eigenvalue weighted by molar-refractivity contribution is 5.80. The molecule has 3 rings (SSSR count). The lowest BCUT2D eigenvalue weighted by Gasteiger charge is -2.34. The molecule has 1 aliphatic heterocycles. The van der Waals surface area contributed by atoms with Crippen LogP contribution in [0.2, 0.25) is 0 Å².